The van der Waals surface area contributed by atoms with Gasteiger partial charge < -0.3 is 9.94 Å². The molecule has 1 aromatic carbocycles. The molecular weight excluding hydrogens is 337 g/mol. The lowest BCUT2D eigenvalue weighted by Crippen LogP contribution is -2.45. The van der Waals surface area contributed by atoms with Crippen molar-refractivity contribution in [3.63, 3.8) is 0 Å². The van der Waals surface area contributed by atoms with E-state index in [2.05, 4.69) is 20.0 Å². The molecule has 128 valence electrons. The van der Waals surface area contributed by atoms with Gasteiger partial charge in [-0.1, -0.05) is 29.4 Å². The van der Waals surface area contributed by atoms with Gasteiger partial charge in [0.25, 0.3) is 0 Å². The van der Waals surface area contributed by atoms with Crippen LogP contribution in [0.3, 0.4) is 0 Å². The molecule has 1 aliphatic heterocycles. The number of hydrogen-bond donors (Lipinski definition) is 1. The minimum absolute atomic E-state index is 0.0366. The predicted octanol–water partition coefficient (Wildman–Crippen LogP) is 2.77. The van der Waals surface area contributed by atoms with Crippen LogP contribution in [0.5, 0.6) is 0 Å². The normalized spacial score (nSPS) is 20.6. The van der Waals surface area contributed by atoms with Gasteiger partial charge in [-0.25, -0.2) is 9.97 Å². The van der Waals surface area contributed by atoms with Gasteiger partial charge in [-0.15, -0.1) is 0 Å². The third-order valence-electron chi connectivity index (χ3n) is 3.95. The molecule has 1 N–H and O–H groups in total. The summed E-state index contributed by atoms with van der Waals surface area (Å²) in [5.41, 5.74) is 2.14. The van der Waals surface area contributed by atoms with Crippen LogP contribution in [0.25, 0.3) is 16.9 Å². The number of imidazole rings is 1. The Labute approximate surface area is 139 Å². The molecule has 3 heterocycles. The van der Waals surface area contributed by atoms with Gasteiger partial charge in [0.1, 0.15) is 0 Å². The van der Waals surface area contributed by atoms with E-state index in [4.69, 9.17) is 0 Å². The number of fused-ring (bicyclic) bond motifs is 1. The van der Waals surface area contributed by atoms with Crippen LogP contribution < -0.4 is 0 Å². The maximum absolute atomic E-state index is 12.8. The van der Waals surface area contributed by atoms with Crippen LogP contribution in [0.4, 0.5) is 13.2 Å². The van der Waals surface area contributed by atoms with Crippen LogP contribution in [-0.2, 0) is 4.84 Å². The monoisotopic (exact) mass is 348 g/mol. The first-order valence-electron chi connectivity index (χ1n) is 7.29. The number of rotatable bonds is 2. The minimum atomic E-state index is -4.91. The summed E-state index contributed by atoms with van der Waals surface area (Å²) in [7, 11) is 0. The van der Waals surface area contributed by atoms with Gasteiger partial charge >= 0.3 is 12.0 Å². The Morgan fingerprint density at radius 2 is 1.80 bits per heavy atom. The third-order valence-corrected chi connectivity index (χ3v) is 3.95. The van der Waals surface area contributed by atoms with Crippen LogP contribution in [-0.4, -0.2) is 37.2 Å². The molecule has 3 aromatic rings. The number of benzene rings is 1. The van der Waals surface area contributed by atoms with Crippen LogP contribution in [0.1, 0.15) is 12.0 Å². The van der Waals surface area contributed by atoms with E-state index in [1.807, 2.05) is 6.20 Å². The molecule has 4 rings (SSSR count). The highest BCUT2D eigenvalue weighted by Gasteiger charge is 2.60. The summed E-state index contributed by atoms with van der Waals surface area (Å²) in [6.45, 7) is 0. The number of hydrogen-bond acceptors (Lipinski definition) is 5. The Balaban J connectivity index is 1.58. The Morgan fingerprint density at radius 1 is 1.08 bits per heavy atom. The number of aliphatic hydroxyl groups is 1. The fourth-order valence-electron chi connectivity index (χ4n) is 2.55. The second-order valence-corrected chi connectivity index (χ2v) is 5.64. The summed E-state index contributed by atoms with van der Waals surface area (Å²) in [6.07, 6.45) is 1.25. The summed E-state index contributed by atoms with van der Waals surface area (Å²) >= 11 is 0. The van der Waals surface area contributed by atoms with E-state index >= 15 is 0 Å². The molecule has 0 fully saturated rings. The summed E-state index contributed by atoms with van der Waals surface area (Å²) in [4.78, 5) is 12.5. The van der Waals surface area contributed by atoms with Crippen LogP contribution in [0.2, 0.25) is 0 Å². The fraction of sp³-hybridized carbons (Fsp3) is 0.188. The molecule has 0 bridgehead atoms. The molecule has 0 saturated carbocycles. The van der Waals surface area contributed by atoms with E-state index < -0.39 is 18.4 Å². The Hall–Kier alpha value is -2.94. The lowest BCUT2D eigenvalue weighted by molar-refractivity contribution is -0.355. The Kier molecular flexibility index (Phi) is 3.29. The number of alkyl halides is 3. The standard InChI is InChI=1S/C16H11F3N4O2/c17-16(18,19)15(24)7-13(22-25-15)11-3-1-10(2-4-11)12-8-21-14-20-5-6-23(14)9-12/h1-6,8-9,24H,7H2. The zero-order valence-electron chi connectivity index (χ0n) is 12.6. The van der Waals surface area contributed by atoms with E-state index in [1.165, 1.54) is 0 Å². The van der Waals surface area contributed by atoms with Gasteiger partial charge in [0.15, 0.2) is 0 Å². The van der Waals surface area contributed by atoms with Crippen molar-refractivity contribution in [1.82, 2.24) is 14.4 Å². The van der Waals surface area contributed by atoms with Crippen molar-refractivity contribution in [1.29, 1.82) is 0 Å². The lowest BCUT2D eigenvalue weighted by Gasteiger charge is -2.22. The molecular formula is C16H11F3N4O2. The maximum atomic E-state index is 12.8. The topological polar surface area (TPSA) is 72.0 Å². The zero-order valence-corrected chi connectivity index (χ0v) is 12.6. The first-order chi connectivity index (χ1) is 11.9. The largest absolute Gasteiger partial charge is 0.458 e. The highest BCUT2D eigenvalue weighted by Crippen LogP contribution is 2.39. The molecule has 1 atom stereocenters. The molecule has 0 radical (unpaired) electrons. The maximum Gasteiger partial charge on any atom is 0.458 e. The molecule has 25 heavy (non-hydrogen) atoms. The van der Waals surface area contributed by atoms with Crippen molar-refractivity contribution >= 4 is 11.5 Å². The second-order valence-electron chi connectivity index (χ2n) is 5.64. The average molecular weight is 348 g/mol. The van der Waals surface area contributed by atoms with Crippen molar-refractivity contribution in [3.05, 3.63) is 54.6 Å². The van der Waals surface area contributed by atoms with E-state index in [-0.39, 0.29) is 5.71 Å². The molecule has 6 nitrogen and oxygen atoms in total. The smallest absolute Gasteiger partial charge is 0.350 e. The number of nitrogens with zero attached hydrogens (tertiary/aromatic N) is 4. The molecule has 1 unspecified atom stereocenters. The highest BCUT2D eigenvalue weighted by atomic mass is 19.4. The predicted molar refractivity (Wildman–Crippen MR) is 81.7 cm³/mol. The van der Waals surface area contributed by atoms with Gasteiger partial charge in [-0.2, -0.15) is 13.2 Å². The summed E-state index contributed by atoms with van der Waals surface area (Å²) in [5.74, 6) is -2.69. The van der Waals surface area contributed by atoms with E-state index in [0.29, 0.717) is 11.3 Å². The average Bonchev–Trinajstić information content (AvgIpc) is 3.21. The van der Waals surface area contributed by atoms with E-state index in [9.17, 15) is 18.3 Å². The highest BCUT2D eigenvalue weighted by molar-refractivity contribution is 6.01. The van der Waals surface area contributed by atoms with Crippen LogP contribution in [0, 0.1) is 0 Å². The molecule has 2 aromatic heterocycles. The first-order valence-corrected chi connectivity index (χ1v) is 7.29. The van der Waals surface area contributed by atoms with E-state index in [1.54, 1.807) is 47.3 Å². The third kappa shape index (κ3) is 2.62. The molecule has 0 spiro atoms. The van der Waals surface area contributed by atoms with E-state index in [0.717, 1.165) is 11.1 Å². The van der Waals surface area contributed by atoms with Crippen molar-refractivity contribution in [2.45, 2.75) is 18.4 Å². The van der Waals surface area contributed by atoms with Crippen LogP contribution >= 0.6 is 0 Å². The lowest BCUT2D eigenvalue weighted by atomic mass is 10.00. The van der Waals surface area contributed by atoms with Gasteiger partial charge in [0.05, 0.1) is 12.1 Å². The summed E-state index contributed by atoms with van der Waals surface area (Å²) in [5, 5.41) is 12.9. The Bertz CT molecular complexity index is 965. The van der Waals surface area contributed by atoms with Gasteiger partial charge in [0, 0.05) is 30.4 Å². The number of halogens is 3. The molecule has 0 aliphatic carbocycles. The fourth-order valence-corrected chi connectivity index (χ4v) is 2.55. The van der Waals surface area contributed by atoms with Gasteiger partial charge in [0.2, 0.25) is 5.78 Å². The van der Waals surface area contributed by atoms with Crippen molar-refractivity contribution in [2.24, 2.45) is 5.16 Å². The van der Waals surface area contributed by atoms with Crippen molar-refractivity contribution < 1.29 is 23.1 Å². The molecule has 0 amide bonds. The van der Waals surface area contributed by atoms with Crippen LogP contribution in [0.15, 0.2) is 54.2 Å². The molecule has 0 saturated heterocycles. The van der Waals surface area contributed by atoms with Gasteiger partial charge in [-0.3, -0.25) is 4.40 Å². The number of oxime groups is 1. The minimum Gasteiger partial charge on any atom is -0.350 e. The number of aromatic nitrogens is 3. The Morgan fingerprint density at radius 3 is 2.48 bits per heavy atom. The first kappa shape index (κ1) is 15.6. The summed E-state index contributed by atoms with van der Waals surface area (Å²) in [6, 6.07) is 6.72. The molecule has 9 heteroatoms. The SMILES string of the molecule is OC1(C(F)(F)F)CC(c2ccc(-c3cnc4nccn4c3)cc2)=NO1. The summed E-state index contributed by atoms with van der Waals surface area (Å²) < 4.78 is 40.0. The van der Waals surface area contributed by atoms with Crippen molar-refractivity contribution in [2.75, 3.05) is 0 Å². The quantitative estimate of drug-likeness (QED) is 0.773. The zero-order chi connectivity index (χ0) is 17.7. The van der Waals surface area contributed by atoms with Gasteiger partial charge in [-0.05, 0) is 11.1 Å². The molecule has 1 aliphatic rings. The second kappa shape index (κ2) is 5.28. The van der Waals surface area contributed by atoms with Crippen molar-refractivity contribution in [3.8, 4) is 11.1 Å².